The molecule has 1 saturated heterocycles. The normalized spacial score (nSPS) is 19.4. The number of aromatic carboxylic acids is 1. The summed E-state index contributed by atoms with van der Waals surface area (Å²) in [5, 5.41) is 13.5. The Morgan fingerprint density at radius 2 is 1.94 bits per heavy atom. The van der Waals surface area contributed by atoms with Gasteiger partial charge in [-0.3, -0.25) is 0 Å². The van der Waals surface area contributed by atoms with Crippen molar-refractivity contribution >= 4 is 5.97 Å². The lowest BCUT2D eigenvalue weighted by molar-refractivity contribution is 0.0689. The van der Waals surface area contributed by atoms with Crippen molar-refractivity contribution in [1.82, 2.24) is 20.3 Å². The Morgan fingerprint density at radius 1 is 1.19 bits per heavy atom. The van der Waals surface area contributed by atoms with E-state index in [0.29, 0.717) is 37.3 Å². The van der Waals surface area contributed by atoms with Crippen molar-refractivity contribution in [3.8, 4) is 28.5 Å². The third-order valence-corrected chi connectivity index (χ3v) is 7.49. The summed E-state index contributed by atoms with van der Waals surface area (Å²) < 4.78 is 5.24. The van der Waals surface area contributed by atoms with Crippen molar-refractivity contribution in [2.75, 3.05) is 20.2 Å². The van der Waals surface area contributed by atoms with Gasteiger partial charge in [0.1, 0.15) is 5.75 Å². The minimum absolute atomic E-state index is 0.349. The van der Waals surface area contributed by atoms with Crippen LogP contribution in [0.25, 0.3) is 22.8 Å². The highest BCUT2D eigenvalue weighted by Crippen LogP contribution is 2.53. The highest BCUT2D eigenvalue weighted by atomic mass is 16.5. The molecule has 5 N–H and O–H groups in total. The average Bonchev–Trinajstić information content (AvgIpc) is 3.39. The number of hydrogen-bond acceptors (Lipinski definition) is 6. The maximum Gasteiger partial charge on any atom is 0.337 e. The lowest BCUT2D eigenvalue weighted by Gasteiger charge is -2.47. The fourth-order valence-corrected chi connectivity index (χ4v) is 5.30. The third-order valence-electron chi connectivity index (χ3n) is 7.49. The number of carboxylic acids is 1. The third kappa shape index (κ3) is 2.59. The van der Waals surface area contributed by atoms with Crippen LogP contribution in [0, 0.1) is 0 Å². The van der Waals surface area contributed by atoms with Crippen LogP contribution in [-0.2, 0) is 18.3 Å². The molecule has 2 aliphatic carbocycles. The standard InChI is InChI=1S/C24H25N5O3/c1-32-15-5-2-13(3-6-15)21-27-10-14-4-7-16-17(22(30)31)20(28-19(16)18(14)29-21)23(11-26-12-23)24(25)8-9-24/h2-3,5-6,10,26,28H,4,7-9,11-12,25H2,1H3,(H,30,31). The number of methoxy groups -OCH3 is 1. The van der Waals surface area contributed by atoms with E-state index in [9.17, 15) is 9.90 Å². The molecule has 2 aromatic heterocycles. The first-order valence-corrected chi connectivity index (χ1v) is 10.9. The van der Waals surface area contributed by atoms with Gasteiger partial charge in [-0.05, 0) is 61.1 Å². The first kappa shape index (κ1) is 19.5. The van der Waals surface area contributed by atoms with Crippen LogP contribution in [0.4, 0.5) is 0 Å². The van der Waals surface area contributed by atoms with E-state index in [0.717, 1.165) is 52.4 Å². The molecule has 3 heterocycles. The van der Waals surface area contributed by atoms with Gasteiger partial charge >= 0.3 is 5.97 Å². The quantitative estimate of drug-likeness (QED) is 0.488. The summed E-state index contributed by atoms with van der Waals surface area (Å²) in [4.78, 5) is 25.4. The molecule has 164 valence electrons. The Morgan fingerprint density at radius 3 is 2.53 bits per heavy atom. The number of carboxylic acid groups (broad SMARTS) is 1. The number of carbonyl (C=O) groups is 1. The van der Waals surface area contributed by atoms with Crippen molar-refractivity contribution < 1.29 is 14.6 Å². The minimum Gasteiger partial charge on any atom is -0.497 e. The molecule has 1 saturated carbocycles. The van der Waals surface area contributed by atoms with E-state index in [-0.39, 0.29) is 11.0 Å². The molecule has 0 unspecified atom stereocenters. The summed E-state index contributed by atoms with van der Waals surface area (Å²) in [5.74, 6) is 0.468. The highest BCUT2D eigenvalue weighted by Gasteiger charge is 2.62. The second-order valence-corrected chi connectivity index (χ2v) is 9.17. The van der Waals surface area contributed by atoms with Gasteiger partial charge in [0.05, 0.1) is 29.5 Å². The van der Waals surface area contributed by atoms with Crippen molar-refractivity contribution in [1.29, 1.82) is 0 Å². The number of H-pyrrole nitrogens is 1. The van der Waals surface area contributed by atoms with Crippen LogP contribution < -0.4 is 15.8 Å². The molecular formula is C24H25N5O3. The summed E-state index contributed by atoms with van der Waals surface area (Å²) in [6.07, 6.45) is 5.04. The fraction of sp³-hybridized carbons (Fsp3) is 0.375. The number of benzene rings is 1. The molecule has 6 rings (SSSR count). The lowest BCUT2D eigenvalue weighted by atomic mass is 9.69. The van der Waals surface area contributed by atoms with Crippen LogP contribution in [0.2, 0.25) is 0 Å². The molecule has 3 aliphatic rings. The Balaban J connectivity index is 1.50. The van der Waals surface area contributed by atoms with Crippen molar-refractivity contribution in [2.24, 2.45) is 5.73 Å². The maximum atomic E-state index is 12.4. The molecule has 0 atom stereocenters. The van der Waals surface area contributed by atoms with E-state index in [1.807, 2.05) is 30.5 Å². The number of ether oxygens (including phenoxy) is 1. The zero-order valence-electron chi connectivity index (χ0n) is 17.9. The van der Waals surface area contributed by atoms with Gasteiger partial charge in [0, 0.05) is 36.1 Å². The van der Waals surface area contributed by atoms with Gasteiger partial charge in [-0.1, -0.05) is 0 Å². The molecule has 0 bridgehead atoms. The largest absolute Gasteiger partial charge is 0.497 e. The Hall–Kier alpha value is -3.23. The maximum absolute atomic E-state index is 12.4. The minimum atomic E-state index is -0.902. The first-order chi connectivity index (χ1) is 15.5. The monoisotopic (exact) mass is 431 g/mol. The summed E-state index contributed by atoms with van der Waals surface area (Å²) in [6, 6.07) is 7.60. The number of aromatic nitrogens is 3. The first-order valence-electron chi connectivity index (χ1n) is 10.9. The van der Waals surface area contributed by atoms with Crippen LogP contribution >= 0.6 is 0 Å². The second-order valence-electron chi connectivity index (χ2n) is 9.17. The van der Waals surface area contributed by atoms with Crippen LogP contribution in [0.5, 0.6) is 5.75 Å². The molecule has 8 heteroatoms. The molecular weight excluding hydrogens is 406 g/mol. The van der Waals surface area contributed by atoms with Crippen molar-refractivity contribution in [2.45, 2.75) is 36.6 Å². The molecule has 0 amide bonds. The van der Waals surface area contributed by atoms with Gasteiger partial charge in [0.2, 0.25) is 0 Å². The summed E-state index contributed by atoms with van der Waals surface area (Å²) in [5.41, 5.74) is 11.4. The zero-order chi connectivity index (χ0) is 22.1. The van der Waals surface area contributed by atoms with E-state index in [2.05, 4.69) is 15.3 Å². The molecule has 0 radical (unpaired) electrons. The van der Waals surface area contributed by atoms with Crippen LogP contribution in [0.15, 0.2) is 30.5 Å². The molecule has 32 heavy (non-hydrogen) atoms. The molecule has 0 spiro atoms. The number of nitrogens with one attached hydrogen (secondary N) is 2. The topological polar surface area (TPSA) is 126 Å². The lowest BCUT2D eigenvalue weighted by Crippen LogP contribution is -2.67. The number of nitrogens with two attached hydrogens (primary N) is 1. The Bertz CT molecular complexity index is 1240. The van der Waals surface area contributed by atoms with E-state index in [1.165, 1.54) is 0 Å². The van der Waals surface area contributed by atoms with Crippen molar-refractivity contribution in [3.05, 3.63) is 52.8 Å². The molecule has 3 aromatic rings. The Kier molecular flexibility index (Phi) is 4.03. The Labute approximate surface area is 185 Å². The van der Waals surface area contributed by atoms with Gasteiger partial charge in [0.25, 0.3) is 0 Å². The van der Waals surface area contributed by atoms with E-state index >= 15 is 0 Å². The molecule has 8 nitrogen and oxygen atoms in total. The second kappa shape index (κ2) is 6.63. The van der Waals surface area contributed by atoms with Gasteiger partial charge in [-0.2, -0.15) is 0 Å². The predicted octanol–water partition coefficient (Wildman–Crippen LogP) is 2.28. The summed E-state index contributed by atoms with van der Waals surface area (Å²) in [7, 11) is 1.63. The number of hydrogen-bond donors (Lipinski definition) is 4. The summed E-state index contributed by atoms with van der Waals surface area (Å²) in [6.45, 7) is 1.38. The molecule has 2 fully saturated rings. The number of rotatable bonds is 5. The van der Waals surface area contributed by atoms with E-state index in [1.54, 1.807) is 7.11 Å². The van der Waals surface area contributed by atoms with E-state index < -0.39 is 5.97 Å². The van der Waals surface area contributed by atoms with E-state index in [4.69, 9.17) is 15.5 Å². The van der Waals surface area contributed by atoms with Crippen molar-refractivity contribution in [3.63, 3.8) is 0 Å². The number of fused-ring (bicyclic) bond motifs is 3. The summed E-state index contributed by atoms with van der Waals surface area (Å²) >= 11 is 0. The number of nitrogens with zero attached hydrogens (tertiary/aromatic N) is 2. The number of aromatic amines is 1. The molecule has 1 aliphatic heterocycles. The number of aryl methyl sites for hydroxylation is 1. The van der Waals surface area contributed by atoms with Gasteiger partial charge < -0.3 is 25.9 Å². The smallest absolute Gasteiger partial charge is 0.337 e. The van der Waals surface area contributed by atoms with Gasteiger partial charge in [0.15, 0.2) is 5.82 Å². The molecule has 1 aromatic carbocycles. The fourth-order valence-electron chi connectivity index (χ4n) is 5.30. The SMILES string of the molecule is COc1ccc(-c2ncc3c(n2)-c2[nH]c(C4(C5(N)CC5)CNC4)c(C(=O)O)c2CC3)cc1. The van der Waals surface area contributed by atoms with Crippen LogP contribution in [0.3, 0.4) is 0 Å². The van der Waals surface area contributed by atoms with Crippen LogP contribution in [0.1, 0.15) is 40.0 Å². The average molecular weight is 431 g/mol. The van der Waals surface area contributed by atoms with Gasteiger partial charge in [-0.25, -0.2) is 14.8 Å². The van der Waals surface area contributed by atoms with Gasteiger partial charge in [-0.15, -0.1) is 0 Å². The highest BCUT2D eigenvalue weighted by molar-refractivity contribution is 5.95. The zero-order valence-corrected chi connectivity index (χ0v) is 17.9. The predicted molar refractivity (Wildman–Crippen MR) is 119 cm³/mol. The van der Waals surface area contributed by atoms with Crippen LogP contribution in [-0.4, -0.2) is 51.8 Å².